The number of nitrogens with zero attached hydrogens (tertiary/aromatic N) is 2. The minimum atomic E-state index is -0.394. The molecule has 1 aromatic heterocycles. The molecule has 0 fully saturated rings. The summed E-state index contributed by atoms with van der Waals surface area (Å²) in [4.78, 5) is 15.6. The first-order chi connectivity index (χ1) is 11.0. The van der Waals surface area contributed by atoms with Gasteiger partial charge in [0, 0.05) is 33.9 Å². The smallest absolute Gasteiger partial charge is 0.237 e. The van der Waals surface area contributed by atoms with Crippen molar-refractivity contribution in [3.05, 3.63) is 64.3 Å². The van der Waals surface area contributed by atoms with Gasteiger partial charge in [0.15, 0.2) is 0 Å². The lowest BCUT2D eigenvalue weighted by atomic mass is 10.2. The predicted molar refractivity (Wildman–Crippen MR) is 94.8 cm³/mol. The van der Waals surface area contributed by atoms with Crippen LogP contribution in [0.3, 0.4) is 0 Å². The summed E-state index contributed by atoms with van der Waals surface area (Å²) in [6.45, 7) is 0.121. The minimum Gasteiger partial charge on any atom is -0.368 e. The highest BCUT2D eigenvalue weighted by Crippen LogP contribution is 2.28. The van der Waals surface area contributed by atoms with Crippen molar-refractivity contribution in [3.8, 4) is 0 Å². The molecule has 0 unspecified atom stereocenters. The molecular weight excluding hydrogens is 333 g/mol. The molecule has 116 valence electrons. The Morgan fingerprint density at radius 3 is 2.74 bits per heavy atom. The third kappa shape index (κ3) is 3.38. The Balaban J connectivity index is 2.02. The summed E-state index contributed by atoms with van der Waals surface area (Å²) < 4.78 is 1.81. The van der Waals surface area contributed by atoms with E-state index in [2.05, 4.69) is 4.99 Å². The van der Waals surface area contributed by atoms with Crippen LogP contribution in [0.15, 0.2) is 53.7 Å². The maximum Gasteiger partial charge on any atom is 0.237 e. The zero-order valence-corrected chi connectivity index (χ0v) is 13.6. The van der Waals surface area contributed by atoms with Crippen LogP contribution >= 0.6 is 23.2 Å². The number of amides is 1. The van der Waals surface area contributed by atoms with E-state index in [1.54, 1.807) is 24.4 Å². The summed E-state index contributed by atoms with van der Waals surface area (Å²) in [5.74, 6) is -0.394. The first-order valence-corrected chi connectivity index (χ1v) is 7.65. The van der Waals surface area contributed by atoms with Gasteiger partial charge in [0.2, 0.25) is 5.91 Å². The van der Waals surface area contributed by atoms with Gasteiger partial charge in [-0.05, 0) is 24.3 Å². The van der Waals surface area contributed by atoms with Crippen LogP contribution in [0.2, 0.25) is 10.0 Å². The van der Waals surface area contributed by atoms with Gasteiger partial charge in [0.25, 0.3) is 0 Å². The van der Waals surface area contributed by atoms with Gasteiger partial charge in [-0.2, -0.15) is 0 Å². The normalized spacial score (nSPS) is 11.4. The Kier molecular flexibility index (Phi) is 4.37. The zero-order valence-electron chi connectivity index (χ0n) is 12.0. The fourth-order valence-corrected chi connectivity index (χ4v) is 2.86. The highest BCUT2D eigenvalue weighted by atomic mass is 35.5. The van der Waals surface area contributed by atoms with E-state index in [1.807, 2.05) is 35.0 Å². The lowest BCUT2D eigenvalue weighted by Crippen LogP contribution is -2.17. The molecule has 0 bridgehead atoms. The van der Waals surface area contributed by atoms with Crippen molar-refractivity contribution in [2.24, 2.45) is 10.7 Å². The second kappa shape index (κ2) is 6.44. The average Bonchev–Trinajstić information content (AvgIpc) is 2.84. The molecule has 1 heterocycles. The maximum absolute atomic E-state index is 11.2. The number of hydrogen-bond donors (Lipinski definition) is 1. The van der Waals surface area contributed by atoms with Crippen LogP contribution in [-0.4, -0.2) is 16.7 Å². The molecule has 0 atom stereocenters. The summed E-state index contributed by atoms with van der Waals surface area (Å²) in [6, 6.07) is 12.9. The van der Waals surface area contributed by atoms with Crippen LogP contribution in [-0.2, 0) is 11.3 Å². The van der Waals surface area contributed by atoms with Gasteiger partial charge < -0.3 is 10.3 Å². The van der Waals surface area contributed by atoms with Crippen LogP contribution in [0.4, 0.5) is 5.69 Å². The number of fused-ring (bicyclic) bond motifs is 1. The highest BCUT2D eigenvalue weighted by Gasteiger charge is 2.08. The van der Waals surface area contributed by atoms with Crippen LogP contribution in [0.1, 0.15) is 5.56 Å². The number of carbonyl (C=O) groups excluding carboxylic acids is 1. The molecule has 0 spiro atoms. The van der Waals surface area contributed by atoms with Crippen molar-refractivity contribution in [1.29, 1.82) is 0 Å². The molecule has 0 saturated heterocycles. The lowest BCUT2D eigenvalue weighted by Gasteiger charge is -2.00. The van der Waals surface area contributed by atoms with E-state index in [1.165, 1.54) is 0 Å². The average molecular weight is 346 g/mol. The monoisotopic (exact) mass is 345 g/mol. The number of carbonyl (C=O) groups is 1. The Bertz CT molecular complexity index is 915. The fourth-order valence-electron chi connectivity index (χ4n) is 2.40. The van der Waals surface area contributed by atoms with Crippen LogP contribution in [0, 0.1) is 0 Å². The van der Waals surface area contributed by atoms with Gasteiger partial charge >= 0.3 is 0 Å². The molecule has 1 amide bonds. The number of halogens is 2. The second-order valence-electron chi connectivity index (χ2n) is 5.05. The van der Waals surface area contributed by atoms with Crippen LogP contribution in [0.5, 0.6) is 0 Å². The van der Waals surface area contributed by atoms with E-state index in [0.29, 0.717) is 15.7 Å². The number of aliphatic imine (C=N–C) groups is 1. The van der Waals surface area contributed by atoms with E-state index in [9.17, 15) is 4.79 Å². The number of benzene rings is 2. The number of nitrogens with two attached hydrogens (primary N) is 1. The third-order valence-electron chi connectivity index (χ3n) is 3.40. The molecule has 23 heavy (non-hydrogen) atoms. The van der Waals surface area contributed by atoms with Gasteiger partial charge in [-0.25, -0.2) is 0 Å². The summed E-state index contributed by atoms with van der Waals surface area (Å²) in [7, 11) is 0. The Labute approximate surface area is 143 Å². The van der Waals surface area contributed by atoms with Gasteiger partial charge in [0.05, 0.1) is 10.7 Å². The topological polar surface area (TPSA) is 60.4 Å². The largest absolute Gasteiger partial charge is 0.368 e. The standard InChI is InChI=1S/C17H13Cl2N3O/c18-12-5-6-15(14(19)7-12)21-8-11-9-22(10-17(20)23)16-4-2-1-3-13(11)16/h1-9H,10H2,(H2,20,23). The molecule has 4 nitrogen and oxygen atoms in total. The summed E-state index contributed by atoms with van der Waals surface area (Å²) in [5.41, 5.74) is 7.74. The molecule has 3 rings (SSSR count). The first kappa shape index (κ1) is 15.6. The molecule has 2 aromatic carbocycles. The molecule has 2 N–H and O–H groups in total. The maximum atomic E-state index is 11.2. The fraction of sp³-hybridized carbons (Fsp3) is 0.0588. The third-order valence-corrected chi connectivity index (χ3v) is 3.94. The van der Waals surface area contributed by atoms with Crippen molar-refractivity contribution < 1.29 is 4.79 Å². The number of rotatable bonds is 4. The van der Waals surface area contributed by atoms with Crippen molar-refractivity contribution in [3.63, 3.8) is 0 Å². The van der Waals surface area contributed by atoms with Crippen molar-refractivity contribution in [1.82, 2.24) is 4.57 Å². The molecular formula is C17H13Cl2N3O. The lowest BCUT2D eigenvalue weighted by molar-refractivity contribution is -0.118. The molecule has 3 aromatic rings. The van der Waals surface area contributed by atoms with Gasteiger partial charge in [-0.1, -0.05) is 41.4 Å². The molecule has 0 aliphatic heterocycles. The van der Waals surface area contributed by atoms with Crippen LogP contribution in [0.25, 0.3) is 10.9 Å². The van der Waals surface area contributed by atoms with Crippen molar-refractivity contribution in [2.45, 2.75) is 6.54 Å². The highest BCUT2D eigenvalue weighted by molar-refractivity contribution is 6.36. The SMILES string of the molecule is NC(=O)Cn1cc(C=Nc2ccc(Cl)cc2Cl)c2ccccc21. The van der Waals surface area contributed by atoms with Crippen molar-refractivity contribution >= 4 is 51.9 Å². The van der Waals surface area contributed by atoms with Gasteiger partial charge in [-0.15, -0.1) is 0 Å². The van der Waals surface area contributed by atoms with Crippen molar-refractivity contribution in [2.75, 3.05) is 0 Å². The van der Waals surface area contributed by atoms with Gasteiger partial charge in [0.1, 0.15) is 6.54 Å². The predicted octanol–water partition coefficient (Wildman–Crippen LogP) is 4.18. The van der Waals surface area contributed by atoms with Gasteiger partial charge in [-0.3, -0.25) is 9.79 Å². The molecule has 0 aliphatic carbocycles. The Hall–Kier alpha value is -2.30. The van der Waals surface area contributed by atoms with Crippen LogP contribution < -0.4 is 5.73 Å². The number of primary amides is 1. The Morgan fingerprint density at radius 2 is 2.00 bits per heavy atom. The number of aromatic nitrogens is 1. The first-order valence-electron chi connectivity index (χ1n) is 6.90. The zero-order chi connectivity index (χ0) is 16.4. The second-order valence-corrected chi connectivity index (χ2v) is 5.89. The van der Waals surface area contributed by atoms with E-state index in [0.717, 1.165) is 16.5 Å². The quantitative estimate of drug-likeness (QED) is 0.708. The Morgan fingerprint density at radius 1 is 1.22 bits per heavy atom. The molecule has 0 radical (unpaired) electrons. The summed E-state index contributed by atoms with van der Waals surface area (Å²) in [6.07, 6.45) is 3.57. The summed E-state index contributed by atoms with van der Waals surface area (Å²) in [5, 5.41) is 2.03. The molecule has 0 aliphatic rings. The van der Waals surface area contributed by atoms with E-state index >= 15 is 0 Å². The minimum absolute atomic E-state index is 0.121. The number of para-hydroxylation sites is 1. The molecule has 6 heteroatoms. The molecule has 0 saturated carbocycles. The van der Waals surface area contributed by atoms with E-state index < -0.39 is 5.91 Å². The van der Waals surface area contributed by atoms with E-state index in [-0.39, 0.29) is 6.54 Å². The van der Waals surface area contributed by atoms with E-state index in [4.69, 9.17) is 28.9 Å². The number of hydrogen-bond acceptors (Lipinski definition) is 2. The summed E-state index contributed by atoms with van der Waals surface area (Å²) >= 11 is 12.0.